The second-order valence-electron chi connectivity index (χ2n) is 9.20. The van der Waals surface area contributed by atoms with Crippen molar-refractivity contribution in [3.8, 4) is 11.8 Å². The summed E-state index contributed by atoms with van der Waals surface area (Å²) in [5, 5.41) is 24.1. The molecule has 1 aliphatic heterocycles. The average molecular weight is 476 g/mol. The predicted molar refractivity (Wildman–Crippen MR) is 129 cm³/mol. The minimum Gasteiger partial charge on any atom is -0.493 e. The zero-order valence-corrected chi connectivity index (χ0v) is 19.7. The lowest BCUT2D eigenvalue weighted by atomic mass is 9.86. The smallest absolute Gasteiger partial charge is 0.303 e. The number of nitriles is 1. The molecule has 8 nitrogen and oxygen atoms in total. The van der Waals surface area contributed by atoms with Gasteiger partial charge >= 0.3 is 5.97 Å². The number of aryl methyl sites for hydroxylation is 1. The van der Waals surface area contributed by atoms with Crippen molar-refractivity contribution in [2.45, 2.75) is 50.9 Å². The van der Waals surface area contributed by atoms with E-state index >= 15 is 0 Å². The summed E-state index contributed by atoms with van der Waals surface area (Å²) in [5.41, 5.74) is 2.83. The van der Waals surface area contributed by atoms with Gasteiger partial charge < -0.3 is 20.5 Å². The molecule has 0 bridgehead atoms. The van der Waals surface area contributed by atoms with Crippen molar-refractivity contribution in [2.24, 2.45) is 5.92 Å². The summed E-state index contributed by atoms with van der Waals surface area (Å²) >= 11 is 0. The van der Waals surface area contributed by atoms with E-state index in [1.54, 1.807) is 30.3 Å². The van der Waals surface area contributed by atoms with Crippen molar-refractivity contribution in [3.05, 3.63) is 58.7 Å². The van der Waals surface area contributed by atoms with Gasteiger partial charge in [0.15, 0.2) is 0 Å². The number of carboxylic acid groups (broad SMARTS) is 1. The summed E-state index contributed by atoms with van der Waals surface area (Å²) in [6, 6.07) is 12.6. The second-order valence-corrected chi connectivity index (χ2v) is 9.20. The molecule has 2 aromatic carbocycles. The quantitative estimate of drug-likeness (QED) is 0.506. The molecule has 1 aliphatic carbocycles. The molecule has 35 heavy (non-hydrogen) atoms. The number of fused-ring (bicyclic) bond motifs is 2. The summed E-state index contributed by atoms with van der Waals surface area (Å²) in [5.74, 6) is -0.731. The first-order chi connectivity index (χ1) is 16.9. The number of amides is 2. The van der Waals surface area contributed by atoms with Crippen molar-refractivity contribution in [2.75, 3.05) is 18.5 Å². The highest BCUT2D eigenvalue weighted by Gasteiger charge is 2.61. The molecule has 8 heteroatoms. The lowest BCUT2D eigenvalue weighted by Crippen LogP contribution is -2.28. The number of benzene rings is 2. The number of ether oxygens (including phenoxy) is 1. The van der Waals surface area contributed by atoms with E-state index in [0.717, 1.165) is 17.5 Å². The highest BCUT2D eigenvalue weighted by atomic mass is 16.5. The molecule has 1 saturated carbocycles. The second kappa shape index (κ2) is 10.2. The van der Waals surface area contributed by atoms with Gasteiger partial charge in [-0.3, -0.25) is 14.4 Å². The third kappa shape index (κ3) is 5.14. The Balaban J connectivity index is 1.54. The lowest BCUT2D eigenvalue weighted by Gasteiger charge is -2.27. The third-order valence-electron chi connectivity index (χ3n) is 6.84. The number of carboxylic acids is 1. The van der Waals surface area contributed by atoms with E-state index in [4.69, 9.17) is 9.84 Å². The Labute approximate surface area is 204 Å². The number of hydrogen-bond acceptors (Lipinski definition) is 5. The first-order valence-electron chi connectivity index (χ1n) is 12.0. The van der Waals surface area contributed by atoms with Crippen LogP contribution in [-0.4, -0.2) is 36.0 Å². The van der Waals surface area contributed by atoms with Crippen LogP contribution in [0.1, 0.15) is 66.1 Å². The van der Waals surface area contributed by atoms with Crippen LogP contribution in [0.2, 0.25) is 0 Å². The number of hydrogen-bond donors (Lipinski definition) is 3. The first-order valence-corrected chi connectivity index (χ1v) is 12.0. The Morgan fingerprint density at radius 2 is 2.06 bits per heavy atom. The first kappa shape index (κ1) is 24.3. The summed E-state index contributed by atoms with van der Waals surface area (Å²) in [6.07, 6.45) is 3.13. The van der Waals surface area contributed by atoms with E-state index in [2.05, 4.69) is 16.7 Å². The fourth-order valence-electron chi connectivity index (χ4n) is 4.86. The van der Waals surface area contributed by atoms with Gasteiger partial charge in [-0.15, -0.1) is 0 Å². The van der Waals surface area contributed by atoms with Gasteiger partial charge in [0.05, 0.1) is 18.2 Å². The van der Waals surface area contributed by atoms with E-state index < -0.39 is 5.97 Å². The molecule has 3 N–H and O–H groups in total. The SMILES string of the molecule is CCCNC(=O)c1ccc2c(c1)C1(CCO2)CC1C(=O)Nc1cc(C#N)ccc1CCCC(=O)O. The Morgan fingerprint density at radius 3 is 2.80 bits per heavy atom. The minimum atomic E-state index is -0.870. The van der Waals surface area contributed by atoms with Crippen LogP contribution in [0, 0.1) is 17.2 Å². The normalized spacial score (nSPS) is 19.7. The van der Waals surface area contributed by atoms with Crippen LogP contribution < -0.4 is 15.4 Å². The maximum Gasteiger partial charge on any atom is 0.303 e. The number of aliphatic carboxylic acids is 1. The number of anilines is 1. The molecule has 1 heterocycles. The molecule has 2 amide bonds. The monoisotopic (exact) mass is 475 g/mol. The molecule has 0 saturated heterocycles. The average Bonchev–Trinajstić information content (AvgIpc) is 3.57. The fraction of sp³-hybridized carbons (Fsp3) is 0.407. The van der Waals surface area contributed by atoms with Crippen molar-refractivity contribution < 1.29 is 24.2 Å². The molecular formula is C27H29N3O5. The van der Waals surface area contributed by atoms with Crippen molar-refractivity contribution in [3.63, 3.8) is 0 Å². The van der Waals surface area contributed by atoms with Gasteiger partial charge in [-0.1, -0.05) is 13.0 Å². The largest absolute Gasteiger partial charge is 0.493 e. The van der Waals surface area contributed by atoms with E-state index in [-0.39, 0.29) is 29.6 Å². The van der Waals surface area contributed by atoms with Gasteiger partial charge in [0.1, 0.15) is 5.75 Å². The van der Waals surface area contributed by atoms with Crippen LogP contribution >= 0.6 is 0 Å². The standard InChI is InChI=1S/C27H29N3O5/c1-2-11-29-25(33)19-8-9-23-20(14-19)27(10-12-35-23)15-21(27)26(34)30-22-13-17(16-28)6-7-18(22)4-3-5-24(31)32/h6-9,13-14,21H,2-5,10-12,15H2,1H3,(H,29,33)(H,30,34)(H,31,32). The molecule has 2 atom stereocenters. The Morgan fingerprint density at radius 1 is 1.23 bits per heavy atom. The van der Waals surface area contributed by atoms with Crippen molar-refractivity contribution in [1.82, 2.24) is 5.32 Å². The Kier molecular flexibility index (Phi) is 7.06. The van der Waals surface area contributed by atoms with E-state index in [1.807, 2.05) is 13.0 Å². The van der Waals surface area contributed by atoms with Gasteiger partial charge in [-0.05, 0) is 68.0 Å². The van der Waals surface area contributed by atoms with Crippen LogP contribution in [0.5, 0.6) is 5.75 Å². The summed E-state index contributed by atoms with van der Waals surface area (Å²) in [7, 11) is 0. The van der Waals surface area contributed by atoms with Crippen molar-refractivity contribution >= 4 is 23.5 Å². The maximum atomic E-state index is 13.3. The van der Waals surface area contributed by atoms with Crippen LogP contribution in [0.4, 0.5) is 5.69 Å². The van der Waals surface area contributed by atoms with Crippen LogP contribution in [0.3, 0.4) is 0 Å². The molecule has 0 aromatic heterocycles. The molecule has 2 aromatic rings. The third-order valence-corrected chi connectivity index (χ3v) is 6.84. The van der Waals surface area contributed by atoms with Gasteiger partial charge in [0, 0.05) is 41.1 Å². The molecule has 4 rings (SSSR count). The Bertz CT molecular complexity index is 1200. The highest BCUT2D eigenvalue weighted by molar-refractivity contribution is 5.98. The van der Waals surface area contributed by atoms with Crippen LogP contribution in [0.15, 0.2) is 36.4 Å². The predicted octanol–water partition coefficient (Wildman–Crippen LogP) is 3.78. The van der Waals surface area contributed by atoms with E-state index in [9.17, 15) is 19.6 Å². The summed E-state index contributed by atoms with van der Waals surface area (Å²) in [6.45, 7) is 3.09. The fourth-order valence-corrected chi connectivity index (χ4v) is 4.86. The number of nitrogens with one attached hydrogen (secondary N) is 2. The van der Waals surface area contributed by atoms with Crippen molar-refractivity contribution in [1.29, 1.82) is 5.26 Å². The molecule has 0 radical (unpaired) electrons. The molecule has 2 aliphatic rings. The molecular weight excluding hydrogens is 446 g/mol. The zero-order valence-electron chi connectivity index (χ0n) is 19.7. The minimum absolute atomic E-state index is 0.0318. The van der Waals surface area contributed by atoms with Gasteiger partial charge in [0.2, 0.25) is 5.91 Å². The zero-order chi connectivity index (χ0) is 25.0. The number of rotatable bonds is 9. The topological polar surface area (TPSA) is 129 Å². The molecule has 1 spiro atoms. The van der Waals surface area contributed by atoms with E-state index in [0.29, 0.717) is 61.4 Å². The molecule has 2 unspecified atom stereocenters. The number of carbonyl (C=O) groups is 3. The van der Waals surface area contributed by atoms with Crippen LogP contribution in [0.25, 0.3) is 0 Å². The highest BCUT2D eigenvalue weighted by Crippen LogP contribution is 2.61. The van der Waals surface area contributed by atoms with E-state index in [1.165, 1.54) is 0 Å². The maximum absolute atomic E-state index is 13.3. The number of carbonyl (C=O) groups excluding carboxylic acids is 2. The Hall–Kier alpha value is -3.86. The molecule has 182 valence electrons. The summed E-state index contributed by atoms with van der Waals surface area (Å²) in [4.78, 5) is 36.7. The number of nitrogens with zero attached hydrogens (tertiary/aromatic N) is 1. The van der Waals surface area contributed by atoms with Gasteiger partial charge in [-0.2, -0.15) is 5.26 Å². The van der Waals surface area contributed by atoms with Gasteiger partial charge in [-0.25, -0.2) is 0 Å². The molecule has 1 fully saturated rings. The van der Waals surface area contributed by atoms with Crippen LogP contribution in [-0.2, 0) is 21.4 Å². The summed E-state index contributed by atoms with van der Waals surface area (Å²) < 4.78 is 5.83. The van der Waals surface area contributed by atoms with Gasteiger partial charge in [0.25, 0.3) is 5.91 Å². The lowest BCUT2D eigenvalue weighted by molar-refractivity contribution is -0.137.